The van der Waals surface area contributed by atoms with Gasteiger partial charge in [-0.05, 0) is 38.1 Å². The van der Waals surface area contributed by atoms with Crippen LogP contribution in [0.3, 0.4) is 0 Å². The lowest BCUT2D eigenvalue weighted by molar-refractivity contribution is 0.296. The maximum absolute atomic E-state index is 5.57. The number of guanidine groups is 1. The molecule has 0 aliphatic heterocycles. The van der Waals surface area contributed by atoms with Crippen LogP contribution < -0.4 is 10.6 Å². The van der Waals surface area contributed by atoms with Crippen molar-refractivity contribution in [3.05, 3.63) is 52.7 Å². The minimum Gasteiger partial charge on any atom is -0.444 e. The number of benzene rings is 1. The molecular formula is C20H31N5O. The average Bonchev–Trinajstić information content (AvgIpc) is 2.98. The van der Waals surface area contributed by atoms with Gasteiger partial charge in [-0.1, -0.05) is 38.1 Å². The van der Waals surface area contributed by atoms with Crippen molar-refractivity contribution in [2.24, 2.45) is 4.99 Å². The van der Waals surface area contributed by atoms with Gasteiger partial charge in [-0.2, -0.15) is 0 Å². The van der Waals surface area contributed by atoms with E-state index in [0.29, 0.717) is 12.4 Å². The zero-order valence-electron chi connectivity index (χ0n) is 16.6. The van der Waals surface area contributed by atoms with E-state index in [1.807, 2.05) is 13.8 Å². The number of rotatable bonds is 8. The highest BCUT2D eigenvalue weighted by Gasteiger charge is 2.06. The number of oxazole rings is 1. The third-order valence-corrected chi connectivity index (χ3v) is 4.49. The molecule has 0 spiro atoms. The van der Waals surface area contributed by atoms with Gasteiger partial charge in [0.05, 0.1) is 12.2 Å². The summed E-state index contributed by atoms with van der Waals surface area (Å²) in [6, 6.07) is 8.73. The molecule has 0 saturated heterocycles. The summed E-state index contributed by atoms with van der Waals surface area (Å²) >= 11 is 0. The molecule has 0 bridgehead atoms. The summed E-state index contributed by atoms with van der Waals surface area (Å²) < 4.78 is 5.57. The quantitative estimate of drug-likeness (QED) is 0.562. The van der Waals surface area contributed by atoms with Gasteiger partial charge in [-0.25, -0.2) is 4.98 Å². The molecule has 0 unspecified atom stereocenters. The molecule has 0 fully saturated rings. The third-order valence-electron chi connectivity index (χ3n) is 4.49. The van der Waals surface area contributed by atoms with E-state index in [9.17, 15) is 0 Å². The van der Waals surface area contributed by atoms with Crippen LogP contribution in [-0.2, 0) is 19.6 Å². The molecule has 0 aliphatic carbocycles. The van der Waals surface area contributed by atoms with E-state index in [2.05, 4.69) is 63.6 Å². The second-order valence-electron chi connectivity index (χ2n) is 6.31. The van der Waals surface area contributed by atoms with Crippen LogP contribution in [0.1, 0.15) is 42.3 Å². The number of nitrogens with one attached hydrogen (secondary N) is 2. The van der Waals surface area contributed by atoms with Crippen molar-refractivity contribution in [3.8, 4) is 0 Å². The Hall–Kier alpha value is -2.34. The van der Waals surface area contributed by atoms with Crippen LogP contribution in [0, 0.1) is 13.8 Å². The van der Waals surface area contributed by atoms with E-state index in [1.54, 1.807) is 7.05 Å². The molecule has 1 aromatic heterocycles. The van der Waals surface area contributed by atoms with Crippen LogP contribution in [0.5, 0.6) is 0 Å². The molecule has 0 amide bonds. The SMILES string of the molecule is CCN(CC)Cc1ccc(CNC(=NC)NCc2nc(C)c(C)o2)cc1. The molecule has 2 aromatic rings. The minimum atomic E-state index is 0.511. The maximum Gasteiger partial charge on any atom is 0.214 e. The van der Waals surface area contributed by atoms with Gasteiger partial charge in [0.25, 0.3) is 0 Å². The summed E-state index contributed by atoms with van der Waals surface area (Å²) in [6.07, 6.45) is 0. The zero-order chi connectivity index (χ0) is 18.9. The molecule has 2 rings (SSSR count). The van der Waals surface area contributed by atoms with Crippen molar-refractivity contribution >= 4 is 5.96 Å². The first-order valence-corrected chi connectivity index (χ1v) is 9.23. The molecule has 0 atom stereocenters. The van der Waals surface area contributed by atoms with Crippen molar-refractivity contribution < 1.29 is 4.42 Å². The second-order valence-corrected chi connectivity index (χ2v) is 6.31. The van der Waals surface area contributed by atoms with E-state index in [4.69, 9.17) is 4.42 Å². The predicted octanol–water partition coefficient (Wildman–Crippen LogP) is 3.00. The number of hydrogen-bond acceptors (Lipinski definition) is 4. The highest BCUT2D eigenvalue weighted by atomic mass is 16.4. The lowest BCUT2D eigenvalue weighted by Gasteiger charge is -2.18. The lowest BCUT2D eigenvalue weighted by Crippen LogP contribution is -2.36. The van der Waals surface area contributed by atoms with Gasteiger partial charge >= 0.3 is 0 Å². The first-order valence-electron chi connectivity index (χ1n) is 9.23. The first kappa shape index (κ1) is 20.0. The molecule has 2 N–H and O–H groups in total. The Labute approximate surface area is 156 Å². The van der Waals surface area contributed by atoms with Crippen molar-refractivity contribution in [1.29, 1.82) is 0 Å². The van der Waals surface area contributed by atoms with E-state index in [0.717, 1.165) is 43.6 Å². The third kappa shape index (κ3) is 5.88. The molecule has 1 aromatic carbocycles. The average molecular weight is 358 g/mol. The van der Waals surface area contributed by atoms with Crippen LogP contribution in [-0.4, -0.2) is 36.0 Å². The van der Waals surface area contributed by atoms with Crippen molar-refractivity contribution in [1.82, 2.24) is 20.5 Å². The highest BCUT2D eigenvalue weighted by Crippen LogP contribution is 2.09. The Morgan fingerprint density at radius 1 is 1.04 bits per heavy atom. The normalized spacial score (nSPS) is 11.8. The summed E-state index contributed by atoms with van der Waals surface area (Å²) in [5.74, 6) is 2.25. The Kier molecular flexibility index (Phi) is 7.66. The smallest absolute Gasteiger partial charge is 0.214 e. The molecule has 6 nitrogen and oxygen atoms in total. The molecule has 142 valence electrons. The van der Waals surface area contributed by atoms with Crippen LogP contribution in [0.15, 0.2) is 33.7 Å². The standard InChI is InChI=1S/C20H31N5O/c1-6-25(7-2)14-18-10-8-17(9-11-18)12-22-20(21-5)23-13-19-24-15(3)16(4)26-19/h8-11H,6-7,12-14H2,1-5H3,(H2,21,22,23). The van der Waals surface area contributed by atoms with E-state index in [-0.39, 0.29) is 0 Å². The van der Waals surface area contributed by atoms with Crippen molar-refractivity contribution in [2.75, 3.05) is 20.1 Å². The van der Waals surface area contributed by atoms with Gasteiger partial charge < -0.3 is 15.1 Å². The Balaban J connectivity index is 1.82. The molecule has 6 heteroatoms. The monoisotopic (exact) mass is 357 g/mol. The molecule has 0 aliphatic rings. The summed E-state index contributed by atoms with van der Waals surface area (Å²) in [7, 11) is 1.76. The molecule has 0 radical (unpaired) electrons. The van der Waals surface area contributed by atoms with Gasteiger partial charge in [0.15, 0.2) is 5.96 Å². The molecular weight excluding hydrogens is 326 g/mol. The number of nitrogens with zero attached hydrogens (tertiary/aromatic N) is 3. The Bertz CT molecular complexity index is 682. The Morgan fingerprint density at radius 3 is 2.19 bits per heavy atom. The fourth-order valence-electron chi connectivity index (χ4n) is 2.65. The summed E-state index contributed by atoms with van der Waals surface area (Å²) in [6.45, 7) is 12.6. The topological polar surface area (TPSA) is 65.7 Å². The molecule has 0 saturated carbocycles. The minimum absolute atomic E-state index is 0.511. The number of aryl methyl sites for hydroxylation is 2. The molecule has 26 heavy (non-hydrogen) atoms. The zero-order valence-corrected chi connectivity index (χ0v) is 16.6. The molecule has 1 heterocycles. The van der Waals surface area contributed by atoms with Crippen molar-refractivity contribution in [2.45, 2.75) is 47.3 Å². The van der Waals surface area contributed by atoms with Crippen LogP contribution >= 0.6 is 0 Å². The van der Waals surface area contributed by atoms with Crippen LogP contribution in [0.25, 0.3) is 0 Å². The second kappa shape index (κ2) is 9.97. The van der Waals surface area contributed by atoms with E-state index < -0.39 is 0 Å². The van der Waals surface area contributed by atoms with Gasteiger partial charge in [-0.3, -0.25) is 9.89 Å². The summed E-state index contributed by atoms with van der Waals surface area (Å²) in [4.78, 5) is 11.0. The van der Waals surface area contributed by atoms with Gasteiger partial charge in [-0.15, -0.1) is 0 Å². The van der Waals surface area contributed by atoms with Crippen molar-refractivity contribution in [3.63, 3.8) is 0 Å². The first-order chi connectivity index (χ1) is 12.5. The van der Waals surface area contributed by atoms with Gasteiger partial charge in [0.1, 0.15) is 5.76 Å². The summed E-state index contributed by atoms with van der Waals surface area (Å²) in [5.41, 5.74) is 3.49. The Morgan fingerprint density at radius 2 is 1.65 bits per heavy atom. The van der Waals surface area contributed by atoms with Gasteiger partial charge in [0, 0.05) is 20.1 Å². The largest absolute Gasteiger partial charge is 0.444 e. The maximum atomic E-state index is 5.57. The highest BCUT2D eigenvalue weighted by molar-refractivity contribution is 5.79. The van der Waals surface area contributed by atoms with Crippen LogP contribution in [0.4, 0.5) is 0 Å². The number of hydrogen-bond donors (Lipinski definition) is 2. The van der Waals surface area contributed by atoms with E-state index >= 15 is 0 Å². The van der Waals surface area contributed by atoms with Gasteiger partial charge in [0.2, 0.25) is 5.89 Å². The van der Waals surface area contributed by atoms with Crippen LogP contribution in [0.2, 0.25) is 0 Å². The predicted molar refractivity (Wildman–Crippen MR) is 106 cm³/mol. The lowest BCUT2D eigenvalue weighted by atomic mass is 10.1. The number of aliphatic imine (C=N–C) groups is 1. The summed E-state index contributed by atoms with van der Waals surface area (Å²) in [5, 5.41) is 6.54. The van der Waals surface area contributed by atoms with E-state index in [1.165, 1.54) is 11.1 Å². The fraction of sp³-hybridized carbons (Fsp3) is 0.500. The fourth-order valence-corrected chi connectivity index (χ4v) is 2.65. The number of aromatic nitrogens is 1.